The van der Waals surface area contributed by atoms with Crippen molar-refractivity contribution in [3.63, 3.8) is 0 Å². The molecule has 3 unspecified atom stereocenters. The fourth-order valence-corrected chi connectivity index (χ4v) is 2.13. The molecule has 1 rings (SSSR count). The minimum absolute atomic E-state index is 0.00494. The molecule has 148 valence electrons. The van der Waals surface area contributed by atoms with Gasteiger partial charge in [-0.25, -0.2) is 4.79 Å². The van der Waals surface area contributed by atoms with E-state index in [-0.39, 0.29) is 18.7 Å². The van der Waals surface area contributed by atoms with Gasteiger partial charge >= 0.3 is 5.97 Å². The lowest BCUT2D eigenvalue weighted by atomic mass is 10.1. The summed E-state index contributed by atoms with van der Waals surface area (Å²) in [5, 5.41) is 25.7. The van der Waals surface area contributed by atoms with Crippen molar-refractivity contribution in [1.29, 1.82) is 0 Å². The topological polar surface area (TPSA) is 171 Å². The zero-order valence-corrected chi connectivity index (χ0v) is 15.1. The van der Waals surface area contributed by atoms with E-state index in [9.17, 15) is 29.4 Å². The molecule has 0 aromatic heterocycles. The molecule has 1 aromatic carbocycles. The van der Waals surface area contributed by atoms with Crippen molar-refractivity contribution in [3.05, 3.63) is 29.8 Å². The second-order valence-electron chi connectivity index (χ2n) is 5.99. The first-order valence-corrected chi connectivity index (χ1v) is 8.25. The van der Waals surface area contributed by atoms with E-state index in [1.54, 1.807) is 12.1 Å². The highest BCUT2D eigenvalue weighted by Gasteiger charge is 2.25. The first-order chi connectivity index (χ1) is 12.6. The van der Waals surface area contributed by atoms with E-state index in [4.69, 9.17) is 5.73 Å². The van der Waals surface area contributed by atoms with Crippen LogP contribution in [0.2, 0.25) is 0 Å². The summed E-state index contributed by atoms with van der Waals surface area (Å²) in [6, 6.07) is 2.79. The molecular formula is C17H24N4O6. The van der Waals surface area contributed by atoms with Gasteiger partial charge < -0.3 is 31.9 Å². The minimum atomic E-state index is -1.24. The zero-order chi connectivity index (χ0) is 20.6. The molecule has 0 saturated heterocycles. The number of hydrogen-bond donors (Lipinski definition) is 6. The van der Waals surface area contributed by atoms with E-state index >= 15 is 0 Å². The third-order valence-electron chi connectivity index (χ3n) is 3.70. The highest BCUT2D eigenvalue weighted by molar-refractivity contribution is 5.93. The molecule has 3 atom stereocenters. The number of nitrogens with two attached hydrogens (primary N) is 1. The molecule has 3 amide bonds. The van der Waals surface area contributed by atoms with E-state index in [0.717, 1.165) is 0 Å². The molecule has 0 bridgehead atoms. The number of nitrogens with one attached hydrogen (secondary N) is 3. The predicted octanol–water partition coefficient (Wildman–Crippen LogP) is -1.53. The van der Waals surface area contributed by atoms with Gasteiger partial charge in [-0.1, -0.05) is 12.1 Å². The number of phenols is 1. The predicted molar refractivity (Wildman–Crippen MR) is 95.6 cm³/mol. The zero-order valence-electron chi connectivity index (χ0n) is 15.1. The van der Waals surface area contributed by atoms with Crippen LogP contribution in [0, 0.1) is 0 Å². The Bertz CT molecular complexity index is 691. The Hall–Kier alpha value is -3.14. The molecule has 0 aliphatic rings. The lowest BCUT2D eigenvalue weighted by Crippen LogP contribution is -2.54. The molecule has 0 saturated carbocycles. The van der Waals surface area contributed by atoms with Gasteiger partial charge in [0.15, 0.2) is 0 Å². The van der Waals surface area contributed by atoms with Crippen LogP contribution >= 0.6 is 0 Å². The second kappa shape index (κ2) is 10.1. The second-order valence-corrected chi connectivity index (χ2v) is 5.99. The van der Waals surface area contributed by atoms with Crippen LogP contribution in [0.1, 0.15) is 19.4 Å². The average Bonchev–Trinajstić information content (AvgIpc) is 2.62. The molecule has 0 heterocycles. The maximum atomic E-state index is 12.2. The molecule has 10 heteroatoms. The number of aromatic hydroxyl groups is 1. The number of carbonyl (C=O) groups is 4. The maximum Gasteiger partial charge on any atom is 0.326 e. The molecule has 27 heavy (non-hydrogen) atoms. The quantitative estimate of drug-likeness (QED) is 0.302. The number of amides is 3. The summed E-state index contributed by atoms with van der Waals surface area (Å²) in [6.07, 6.45) is 0.00494. The van der Waals surface area contributed by atoms with Crippen LogP contribution in [0.4, 0.5) is 0 Å². The van der Waals surface area contributed by atoms with E-state index in [1.807, 2.05) is 0 Å². The summed E-state index contributed by atoms with van der Waals surface area (Å²) < 4.78 is 0. The number of carboxylic acid groups (broad SMARTS) is 1. The van der Waals surface area contributed by atoms with Gasteiger partial charge in [-0.15, -0.1) is 0 Å². The van der Waals surface area contributed by atoms with Crippen molar-refractivity contribution in [2.24, 2.45) is 5.73 Å². The fourth-order valence-electron chi connectivity index (χ4n) is 2.13. The molecule has 0 spiro atoms. The lowest BCUT2D eigenvalue weighted by Gasteiger charge is -2.20. The first kappa shape index (κ1) is 21.9. The van der Waals surface area contributed by atoms with E-state index < -0.39 is 41.8 Å². The highest BCUT2D eigenvalue weighted by Crippen LogP contribution is 2.11. The van der Waals surface area contributed by atoms with Crippen molar-refractivity contribution in [3.8, 4) is 5.75 Å². The molecule has 0 aliphatic carbocycles. The Morgan fingerprint density at radius 1 is 0.963 bits per heavy atom. The smallest absolute Gasteiger partial charge is 0.326 e. The number of aliphatic carboxylic acids is 1. The molecular weight excluding hydrogens is 356 g/mol. The van der Waals surface area contributed by atoms with Crippen molar-refractivity contribution in [2.45, 2.75) is 38.4 Å². The summed E-state index contributed by atoms with van der Waals surface area (Å²) in [5.41, 5.74) is 5.75. The van der Waals surface area contributed by atoms with Crippen LogP contribution in [-0.2, 0) is 25.6 Å². The highest BCUT2D eigenvalue weighted by atomic mass is 16.4. The Morgan fingerprint density at radius 2 is 1.48 bits per heavy atom. The summed E-state index contributed by atoms with van der Waals surface area (Å²) in [4.78, 5) is 46.8. The van der Waals surface area contributed by atoms with Gasteiger partial charge in [0.2, 0.25) is 17.7 Å². The van der Waals surface area contributed by atoms with Crippen LogP contribution < -0.4 is 21.7 Å². The van der Waals surface area contributed by atoms with Crippen molar-refractivity contribution in [1.82, 2.24) is 16.0 Å². The maximum absolute atomic E-state index is 12.2. The summed E-state index contributed by atoms with van der Waals surface area (Å²) in [6.45, 7) is 2.55. The number of benzene rings is 1. The fraction of sp³-hybridized carbons (Fsp3) is 0.412. The van der Waals surface area contributed by atoms with Gasteiger partial charge in [-0.2, -0.15) is 0 Å². The Labute approximate surface area is 156 Å². The number of carboxylic acids is 1. The standard InChI is InChI=1S/C17H24N4O6/c1-9(19-14(23)8-18)15(24)20-10(2)16(25)21-13(17(26)27)7-11-3-5-12(22)6-4-11/h3-6,9-10,13,22H,7-8,18H2,1-2H3,(H,19,23)(H,20,24)(H,21,25)(H,26,27). The molecule has 1 aromatic rings. The van der Waals surface area contributed by atoms with Gasteiger partial charge in [0.1, 0.15) is 23.9 Å². The summed E-state index contributed by atoms with van der Waals surface area (Å²) in [5.74, 6) is -3.01. The Kier molecular flexibility index (Phi) is 8.21. The van der Waals surface area contributed by atoms with Gasteiger partial charge in [0, 0.05) is 6.42 Å². The average molecular weight is 380 g/mol. The minimum Gasteiger partial charge on any atom is -0.508 e. The van der Waals surface area contributed by atoms with E-state index in [2.05, 4.69) is 16.0 Å². The van der Waals surface area contributed by atoms with Gasteiger partial charge in [0.25, 0.3) is 0 Å². The third kappa shape index (κ3) is 7.32. The molecule has 10 nitrogen and oxygen atoms in total. The van der Waals surface area contributed by atoms with Crippen LogP contribution in [0.25, 0.3) is 0 Å². The summed E-state index contributed by atoms with van der Waals surface area (Å²) in [7, 11) is 0. The lowest BCUT2D eigenvalue weighted by molar-refractivity contribution is -0.142. The number of rotatable bonds is 9. The monoisotopic (exact) mass is 380 g/mol. The molecule has 0 aliphatic heterocycles. The molecule has 0 fully saturated rings. The van der Waals surface area contributed by atoms with Crippen LogP contribution in [0.15, 0.2) is 24.3 Å². The summed E-state index contributed by atoms with van der Waals surface area (Å²) >= 11 is 0. The first-order valence-electron chi connectivity index (χ1n) is 8.25. The normalized spacial score (nSPS) is 13.7. The van der Waals surface area contributed by atoms with E-state index in [0.29, 0.717) is 5.56 Å². The van der Waals surface area contributed by atoms with E-state index in [1.165, 1.54) is 26.0 Å². The van der Waals surface area contributed by atoms with Gasteiger partial charge in [0.05, 0.1) is 6.54 Å². The Balaban J connectivity index is 2.64. The van der Waals surface area contributed by atoms with Crippen LogP contribution in [0.3, 0.4) is 0 Å². The number of phenolic OH excluding ortho intramolecular Hbond substituents is 1. The molecule has 7 N–H and O–H groups in total. The van der Waals surface area contributed by atoms with Gasteiger partial charge in [-0.3, -0.25) is 14.4 Å². The number of carbonyl (C=O) groups excluding carboxylic acids is 3. The molecule has 0 radical (unpaired) electrons. The van der Waals surface area contributed by atoms with Crippen molar-refractivity contribution >= 4 is 23.7 Å². The van der Waals surface area contributed by atoms with Gasteiger partial charge in [-0.05, 0) is 31.5 Å². The SMILES string of the molecule is CC(NC(=O)CN)C(=O)NC(C)C(=O)NC(Cc1ccc(O)cc1)C(=O)O. The van der Waals surface area contributed by atoms with Crippen molar-refractivity contribution in [2.75, 3.05) is 6.54 Å². The largest absolute Gasteiger partial charge is 0.508 e. The third-order valence-corrected chi connectivity index (χ3v) is 3.70. The number of hydrogen-bond acceptors (Lipinski definition) is 6. The Morgan fingerprint density at radius 3 is 2.00 bits per heavy atom. The van der Waals surface area contributed by atoms with Crippen LogP contribution in [-0.4, -0.2) is 58.6 Å². The van der Waals surface area contributed by atoms with Crippen molar-refractivity contribution < 1.29 is 29.4 Å². The van der Waals surface area contributed by atoms with Crippen LogP contribution in [0.5, 0.6) is 5.75 Å².